The summed E-state index contributed by atoms with van der Waals surface area (Å²) in [6.45, 7) is 6.52. The van der Waals surface area contributed by atoms with Gasteiger partial charge in [0.1, 0.15) is 0 Å². The van der Waals surface area contributed by atoms with E-state index >= 15 is 0 Å². The fourth-order valence-corrected chi connectivity index (χ4v) is 5.27. The molecule has 1 rings (SSSR count). The van der Waals surface area contributed by atoms with E-state index in [4.69, 9.17) is 7.63 Å². The fraction of sp³-hybridized carbons (Fsp3) is 1.00. The minimum absolute atomic E-state index is 1.13. The van der Waals surface area contributed by atoms with Gasteiger partial charge in [-0.3, -0.25) is 0 Å². The quantitative estimate of drug-likeness (QED) is 0.480. The average molecular weight is 170 g/mol. The summed E-state index contributed by atoms with van der Waals surface area (Å²) in [6, 6.07) is 0. The standard InChI is InChI=1S/3C2H5.O2.V/c4*1-2;/h3*1H2,2H3;;/q;;;-2;+2. The summed E-state index contributed by atoms with van der Waals surface area (Å²) in [5.74, 6) is 0. The zero-order chi connectivity index (χ0) is 6.98. The molecule has 1 heterocycles. The Balaban J connectivity index is 2.64. The van der Waals surface area contributed by atoms with Gasteiger partial charge in [-0.05, 0) is 0 Å². The van der Waals surface area contributed by atoms with Crippen molar-refractivity contribution in [1.29, 1.82) is 0 Å². The van der Waals surface area contributed by atoms with E-state index in [-0.39, 0.29) is 0 Å². The zero-order valence-electron chi connectivity index (χ0n) is 6.39. The molecule has 2 nitrogen and oxygen atoms in total. The first-order valence-corrected chi connectivity index (χ1v) is 7.71. The normalized spacial score (nSPS) is 32.6. The van der Waals surface area contributed by atoms with Gasteiger partial charge in [-0.1, -0.05) is 0 Å². The Morgan fingerprint density at radius 1 is 0.889 bits per heavy atom. The van der Waals surface area contributed by atoms with E-state index < -0.39 is 13.6 Å². The van der Waals surface area contributed by atoms with Crippen LogP contribution in [0.25, 0.3) is 0 Å². The maximum atomic E-state index is 5.21. The van der Waals surface area contributed by atoms with Crippen LogP contribution >= 0.6 is 0 Å². The van der Waals surface area contributed by atoms with E-state index in [9.17, 15) is 0 Å². The Morgan fingerprint density at radius 2 is 1.22 bits per heavy atom. The molecule has 0 N–H and O–H groups in total. The number of rotatable bonds is 3. The minimum atomic E-state index is -2.38. The molecule has 56 valence electrons. The molecule has 1 aliphatic heterocycles. The first kappa shape index (κ1) is 7.61. The van der Waals surface area contributed by atoms with E-state index in [1.807, 2.05) is 0 Å². The SMILES string of the molecule is C[CH2][V]1([CH2]C)([CH2]C)[O][O]1. The summed E-state index contributed by atoms with van der Waals surface area (Å²) < 4.78 is 10.4. The van der Waals surface area contributed by atoms with Crippen LogP contribution in [0.2, 0.25) is 15.4 Å². The molecule has 1 fully saturated rings. The van der Waals surface area contributed by atoms with Crippen LogP contribution in [0.5, 0.6) is 0 Å². The molecule has 1 saturated heterocycles. The van der Waals surface area contributed by atoms with E-state index in [0.717, 1.165) is 15.4 Å². The fourth-order valence-electron chi connectivity index (χ4n) is 1.06. The Kier molecular flexibility index (Phi) is 1.68. The molecule has 0 amide bonds. The molecule has 0 unspecified atom stereocenters. The van der Waals surface area contributed by atoms with Gasteiger partial charge in [-0.15, -0.1) is 0 Å². The van der Waals surface area contributed by atoms with E-state index in [0.29, 0.717) is 0 Å². The molecule has 0 atom stereocenters. The molecule has 0 spiro atoms. The van der Waals surface area contributed by atoms with Crippen molar-refractivity contribution in [2.75, 3.05) is 0 Å². The first-order chi connectivity index (χ1) is 4.20. The van der Waals surface area contributed by atoms with E-state index in [2.05, 4.69) is 20.8 Å². The monoisotopic (exact) mass is 170 g/mol. The van der Waals surface area contributed by atoms with E-state index in [1.54, 1.807) is 0 Å². The third kappa shape index (κ3) is 0.946. The molecule has 0 bridgehead atoms. The summed E-state index contributed by atoms with van der Waals surface area (Å²) >= 11 is -2.38. The van der Waals surface area contributed by atoms with Gasteiger partial charge >= 0.3 is 57.4 Å². The van der Waals surface area contributed by atoms with Crippen molar-refractivity contribution in [2.24, 2.45) is 0 Å². The molecule has 0 radical (unpaired) electrons. The van der Waals surface area contributed by atoms with Crippen molar-refractivity contribution in [3.05, 3.63) is 0 Å². The average Bonchev–Trinajstić information content (AvgIpc) is 2.67. The van der Waals surface area contributed by atoms with Crippen molar-refractivity contribution < 1.29 is 21.2 Å². The van der Waals surface area contributed by atoms with Crippen LogP contribution in [0.4, 0.5) is 0 Å². The molecular formula is C6H15O2V. The predicted molar refractivity (Wildman–Crippen MR) is 33.6 cm³/mol. The Bertz CT molecular complexity index is 101. The van der Waals surface area contributed by atoms with Crippen molar-refractivity contribution in [1.82, 2.24) is 0 Å². The van der Waals surface area contributed by atoms with Gasteiger partial charge in [0.2, 0.25) is 0 Å². The summed E-state index contributed by atoms with van der Waals surface area (Å²) in [6.07, 6.45) is 0. The van der Waals surface area contributed by atoms with Crippen LogP contribution in [0.3, 0.4) is 0 Å². The zero-order valence-corrected chi connectivity index (χ0v) is 7.78. The van der Waals surface area contributed by atoms with Crippen LogP contribution in [-0.4, -0.2) is 0 Å². The van der Waals surface area contributed by atoms with Crippen LogP contribution in [0, 0.1) is 0 Å². The van der Waals surface area contributed by atoms with Gasteiger partial charge < -0.3 is 0 Å². The Morgan fingerprint density at radius 3 is 1.22 bits per heavy atom. The molecule has 1 aliphatic rings. The maximum absolute atomic E-state index is 5.21. The summed E-state index contributed by atoms with van der Waals surface area (Å²) in [7, 11) is 0. The summed E-state index contributed by atoms with van der Waals surface area (Å²) in [4.78, 5) is 0. The Labute approximate surface area is 57.9 Å². The van der Waals surface area contributed by atoms with Crippen molar-refractivity contribution in [3.8, 4) is 0 Å². The van der Waals surface area contributed by atoms with Crippen LogP contribution in [0.15, 0.2) is 0 Å². The van der Waals surface area contributed by atoms with Crippen molar-refractivity contribution >= 4 is 0 Å². The molecule has 0 saturated carbocycles. The molecule has 0 aromatic rings. The second-order valence-corrected chi connectivity index (χ2v) is 10.8. The van der Waals surface area contributed by atoms with E-state index in [1.165, 1.54) is 0 Å². The van der Waals surface area contributed by atoms with Crippen molar-refractivity contribution in [3.63, 3.8) is 0 Å². The van der Waals surface area contributed by atoms with Crippen molar-refractivity contribution in [2.45, 2.75) is 36.2 Å². The second-order valence-electron chi connectivity index (χ2n) is 2.62. The second kappa shape index (κ2) is 1.99. The van der Waals surface area contributed by atoms with Gasteiger partial charge in [0.05, 0.1) is 0 Å². The third-order valence-electron chi connectivity index (χ3n) is 2.51. The predicted octanol–water partition coefficient (Wildman–Crippen LogP) is 2.78. The van der Waals surface area contributed by atoms with Gasteiger partial charge in [-0.2, -0.15) is 0 Å². The molecule has 3 heteroatoms. The van der Waals surface area contributed by atoms with Gasteiger partial charge in [-0.25, -0.2) is 0 Å². The Hall–Kier alpha value is 0.504. The van der Waals surface area contributed by atoms with Crippen LogP contribution in [-0.2, 0) is 21.2 Å². The number of hydrogen-bond acceptors (Lipinski definition) is 2. The number of hydrogen-bond donors (Lipinski definition) is 0. The summed E-state index contributed by atoms with van der Waals surface area (Å²) in [5.41, 5.74) is 0. The summed E-state index contributed by atoms with van der Waals surface area (Å²) in [5, 5.41) is 3.39. The first-order valence-electron chi connectivity index (χ1n) is 3.60. The van der Waals surface area contributed by atoms with Crippen LogP contribution in [0.1, 0.15) is 20.8 Å². The third-order valence-corrected chi connectivity index (χ3v) is 10.3. The topological polar surface area (TPSA) is 25.1 Å². The van der Waals surface area contributed by atoms with Gasteiger partial charge in [0.25, 0.3) is 0 Å². The molecule has 0 aliphatic carbocycles. The molecular weight excluding hydrogens is 155 g/mol. The van der Waals surface area contributed by atoms with Crippen LogP contribution < -0.4 is 0 Å². The van der Waals surface area contributed by atoms with Gasteiger partial charge in [0.15, 0.2) is 0 Å². The molecule has 0 aromatic carbocycles. The molecule has 9 heavy (non-hydrogen) atoms. The van der Waals surface area contributed by atoms with Gasteiger partial charge in [0, 0.05) is 0 Å². The molecule has 0 aromatic heterocycles.